The maximum atomic E-state index is 12.7. The van der Waals surface area contributed by atoms with E-state index in [0.717, 1.165) is 15.5 Å². The Balaban J connectivity index is 2.12. The van der Waals surface area contributed by atoms with E-state index in [9.17, 15) is 9.59 Å². The normalized spacial score (nSPS) is 11.9. The second kappa shape index (κ2) is 7.19. The number of hydrogen-bond acceptors (Lipinski definition) is 2. The summed E-state index contributed by atoms with van der Waals surface area (Å²) >= 11 is 3.37. The van der Waals surface area contributed by atoms with Crippen LogP contribution in [-0.2, 0) is 18.4 Å². The van der Waals surface area contributed by atoms with Gasteiger partial charge in [-0.05, 0) is 24.3 Å². The van der Waals surface area contributed by atoms with Crippen molar-refractivity contribution in [2.24, 2.45) is 12.0 Å². The van der Waals surface area contributed by atoms with Gasteiger partial charge in [-0.2, -0.15) is 4.99 Å². The summed E-state index contributed by atoms with van der Waals surface area (Å²) in [4.78, 5) is 28.8. The molecule has 1 heterocycles. The SMILES string of the molecule is CCC(=O)N=c1n(C)c2ccccc2n1CC(=O)c1ccc(Br)cc1. The second-order valence-corrected chi connectivity index (χ2v) is 6.64. The van der Waals surface area contributed by atoms with E-state index in [0.29, 0.717) is 17.6 Å². The average Bonchev–Trinajstić information content (AvgIpc) is 2.88. The first-order chi connectivity index (χ1) is 12.0. The molecule has 3 rings (SSSR count). The lowest BCUT2D eigenvalue weighted by Crippen LogP contribution is -2.28. The molecule has 0 atom stereocenters. The summed E-state index contributed by atoms with van der Waals surface area (Å²) in [5.74, 6) is -0.245. The number of benzene rings is 2. The molecule has 3 aromatic rings. The number of halogens is 1. The van der Waals surface area contributed by atoms with Gasteiger partial charge in [-0.1, -0.05) is 47.1 Å². The van der Waals surface area contributed by atoms with Crippen molar-refractivity contribution in [3.05, 3.63) is 64.2 Å². The molecule has 2 aromatic carbocycles. The zero-order valence-electron chi connectivity index (χ0n) is 14.1. The highest BCUT2D eigenvalue weighted by molar-refractivity contribution is 9.10. The molecule has 6 heteroatoms. The number of aryl methyl sites for hydroxylation is 1. The first-order valence-electron chi connectivity index (χ1n) is 8.02. The van der Waals surface area contributed by atoms with Gasteiger partial charge in [0.15, 0.2) is 5.78 Å². The molecular formula is C19H18BrN3O2. The molecular weight excluding hydrogens is 382 g/mol. The number of para-hydroxylation sites is 2. The lowest BCUT2D eigenvalue weighted by Gasteiger charge is -2.05. The van der Waals surface area contributed by atoms with Crippen LogP contribution in [0.25, 0.3) is 11.0 Å². The highest BCUT2D eigenvalue weighted by Gasteiger charge is 2.14. The summed E-state index contributed by atoms with van der Waals surface area (Å²) in [5, 5.41) is 0. The van der Waals surface area contributed by atoms with Crippen molar-refractivity contribution in [1.29, 1.82) is 0 Å². The Hall–Kier alpha value is -2.47. The molecule has 0 N–H and O–H groups in total. The van der Waals surface area contributed by atoms with E-state index in [1.54, 1.807) is 23.6 Å². The van der Waals surface area contributed by atoms with E-state index in [1.165, 1.54) is 0 Å². The standard InChI is InChI=1S/C19H18BrN3O2/c1-3-18(25)21-19-22(2)15-6-4-5-7-16(15)23(19)12-17(24)13-8-10-14(20)11-9-13/h4-11H,3,12H2,1-2H3. The Kier molecular flexibility index (Phi) is 4.99. The quantitative estimate of drug-likeness (QED) is 0.630. The van der Waals surface area contributed by atoms with Gasteiger partial charge in [-0.3, -0.25) is 9.59 Å². The van der Waals surface area contributed by atoms with Crippen LogP contribution in [0.1, 0.15) is 23.7 Å². The van der Waals surface area contributed by atoms with Crippen LogP contribution in [0.15, 0.2) is 58.0 Å². The van der Waals surface area contributed by atoms with Crippen molar-refractivity contribution >= 4 is 38.7 Å². The van der Waals surface area contributed by atoms with E-state index in [-0.39, 0.29) is 18.2 Å². The first kappa shape index (κ1) is 17.4. The molecule has 128 valence electrons. The number of Topliss-reactive ketones (excluding diaryl/α,β-unsaturated/α-hetero) is 1. The molecule has 0 spiro atoms. The summed E-state index contributed by atoms with van der Waals surface area (Å²) in [7, 11) is 1.85. The second-order valence-electron chi connectivity index (χ2n) is 5.72. The molecule has 5 nitrogen and oxygen atoms in total. The van der Waals surface area contributed by atoms with Gasteiger partial charge in [0.25, 0.3) is 0 Å². The minimum Gasteiger partial charge on any atom is -0.313 e. The minimum atomic E-state index is -0.212. The van der Waals surface area contributed by atoms with Crippen LogP contribution in [0.3, 0.4) is 0 Å². The number of nitrogens with zero attached hydrogens (tertiary/aromatic N) is 3. The number of imidazole rings is 1. The van der Waals surface area contributed by atoms with Crippen LogP contribution in [0.5, 0.6) is 0 Å². The summed E-state index contributed by atoms with van der Waals surface area (Å²) in [6.45, 7) is 1.89. The van der Waals surface area contributed by atoms with Crippen LogP contribution in [-0.4, -0.2) is 20.8 Å². The molecule has 1 aromatic heterocycles. The summed E-state index contributed by atoms with van der Waals surface area (Å²) < 4.78 is 4.57. The van der Waals surface area contributed by atoms with Gasteiger partial charge in [0.05, 0.1) is 17.6 Å². The molecule has 0 saturated heterocycles. The van der Waals surface area contributed by atoms with Crippen molar-refractivity contribution in [3.8, 4) is 0 Å². The lowest BCUT2D eigenvalue weighted by atomic mass is 10.1. The number of fused-ring (bicyclic) bond motifs is 1. The third-order valence-corrected chi connectivity index (χ3v) is 4.60. The Morgan fingerprint density at radius 1 is 1.04 bits per heavy atom. The molecule has 1 amide bonds. The van der Waals surface area contributed by atoms with E-state index < -0.39 is 0 Å². The zero-order chi connectivity index (χ0) is 18.0. The van der Waals surface area contributed by atoms with Crippen LogP contribution in [0.2, 0.25) is 0 Å². The van der Waals surface area contributed by atoms with E-state index in [4.69, 9.17) is 0 Å². The van der Waals surface area contributed by atoms with Crippen molar-refractivity contribution in [1.82, 2.24) is 9.13 Å². The zero-order valence-corrected chi connectivity index (χ0v) is 15.7. The third kappa shape index (κ3) is 3.49. The van der Waals surface area contributed by atoms with Crippen molar-refractivity contribution in [3.63, 3.8) is 0 Å². The van der Waals surface area contributed by atoms with Gasteiger partial charge in [-0.25, -0.2) is 0 Å². The molecule has 0 saturated carbocycles. The molecule has 0 fully saturated rings. The van der Waals surface area contributed by atoms with Gasteiger partial charge in [-0.15, -0.1) is 0 Å². The predicted octanol–water partition coefficient (Wildman–Crippen LogP) is 3.46. The summed E-state index contributed by atoms with van der Waals surface area (Å²) in [6, 6.07) is 15.0. The summed E-state index contributed by atoms with van der Waals surface area (Å²) in [6.07, 6.45) is 0.322. The molecule has 0 aliphatic carbocycles. The lowest BCUT2D eigenvalue weighted by molar-refractivity contribution is -0.117. The van der Waals surface area contributed by atoms with Crippen molar-refractivity contribution in [2.45, 2.75) is 19.9 Å². The smallest absolute Gasteiger partial charge is 0.248 e. The molecule has 0 unspecified atom stereocenters. The van der Waals surface area contributed by atoms with Gasteiger partial charge in [0, 0.05) is 23.5 Å². The Morgan fingerprint density at radius 3 is 2.32 bits per heavy atom. The fourth-order valence-electron chi connectivity index (χ4n) is 2.73. The number of ketones is 1. The number of aromatic nitrogens is 2. The Labute approximate surface area is 153 Å². The maximum Gasteiger partial charge on any atom is 0.248 e. The average molecular weight is 400 g/mol. The number of amides is 1. The number of carbonyl (C=O) groups excluding carboxylic acids is 2. The van der Waals surface area contributed by atoms with E-state index in [2.05, 4.69) is 20.9 Å². The van der Waals surface area contributed by atoms with Crippen LogP contribution in [0.4, 0.5) is 0 Å². The van der Waals surface area contributed by atoms with Gasteiger partial charge in [0.2, 0.25) is 11.5 Å². The monoisotopic (exact) mass is 399 g/mol. The molecule has 0 radical (unpaired) electrons. The molecule has 0 aliphatic rings. The Morgan fingerprint density at radius 2 is 1.68 bits per heavy atom. The molecule has 0 aliphatic heterocycles. The third-order valence-electron chi connectivity index (χ3n) is 4.07. The summed E-state index contributed by atoms with van der Waals surface area (Å²) in [5.41, 5.74) is 2.90. The van der Waals surface area contributed by atoms with Gasteiger partial charge >= 0.3 is 0 Å². The number of carbonyl (C=O) groups is 2. The number of hydrogen-bond donors (Lipinski definition) is 0. The highest BCUT2D eigenvalue weighted by atomic mass is 79.9. The van der Waals surface area contributed by atoms with E-state index in [1.807, 2.05) is 48.0 Å². The number of rotatable bonds is 4. The van der Waals surface area contributed by atoms with Gasteiger partial charge < -0.3 is 9.13 Å². The highest BCUT2D eigenvalue weighted by Crippen LogP contribution is 2.15. The molecule has 0 bridgehead atoms. The van der Waals surface area contributed by atoms with Crippen molar-refractivity contribution < 1.29 is 9.59 Å². The first-order valence-corrected chi connectivity index (χ1v) is 8.81. The topological polar surface area (TPSA) is 56.4 Å². The molecule has 25 heavy (non-hydrogen) atoms. The van der Waals surface area contributed by atoms with Crippen molar-refractivity contribution in [2.75, 3.05) is 0 Å². The van der Waals surface area contributed by atoms with Crippen LogP contribution >= 0.6 is 15.9 Å². The predicted molar refractivity (Wildman–Crippen MR) is 100 cm³/mol. The van der Waals surface area contributed by atoms with Crippen LogP contribution in [0, 0.1) is 0 Å². The fraction of sp³-hybridized carbons (Fsp3) is 0.211. The largest absolute Gasteiger partial charge is 0.313 e. The maximum absolute atomic E-state index is 12.7. The van der Waals surface area contributed by atoms with Crippen LogP contribution < -0.4 is 5.62 Å². The van der Waals surface area contributed by atoms with E-state index >= 15 is 0 Å². The van der Waals surface area contributed by atoms with Gasteiger partial charge in [0.1, 0.15) is 0 Å². The Bertz CT molecular complexity index is 1010. The minimum absolute atomic E-state index is 0.0331. The fourth-order valence-corrected chi connectivity index (χ4v) is 2.99.